The number of allylic oxidation sites excluding steroid dienone is 3. The molecule has 4 rings (SSSR count). The highest BCUT2D eigenvalue weighted by Gasteiger charge is 2.22. The van der Waals surface area contributed by atoms with Gasteiger partial charge in [-0.2, -0.15) is 5.10 Å². The number of amides is 2. The van der Waals surface area contributed by atoms with Crippen molar-refractivity contribution in [2.24, 2.45) is 17.8 Å². The number of ether oxygens (including phenoxy) is 2. The molecular formula is C25H33N5O3. The number of hydrogen-bond acceptors (Lipinski definition) is 5. The van der Waals surface area contributed by atoms with E-state index in [1.54, 1.807) is 16.7 Å². The average molecular weight is 452 g/mol. The molecule has 0 atom stereocenters. The lowest BCUT2D eigenvalue weighted by atomic mass is 10.0. The number of carbonyl (C=O) groups excluding carboxylic acids is 1. The summed E-state index contributed by atoms with van der Waals surface area (Å²) in [5, 5.41) is 4.18. The van der Waals surface area contributed by atoms with Gasteiger partial charge in [-0.15, -0.1) is 0 Å². The Morgan fingerprint density at radius 3 is 2.42 bits per heavy atom. The van der Waals surface area contributed by atoms with E-state index in [2.05, 4.69) is 17.0 Å². The highest BCUT2D eigenvalue weighted by atomic mass is 16.5. The van der Waals surface area contributed by atoms with E-state index in [0.29, 0.717) is 13.1 Å². The van der Waals surface area contributed by atoms with Crippen LogP contribution >= 0.6 is 0 Å². The minimum atomic E-state index is -0.335. The van der Waals surface area contributed by atoms with Gasteiger partial charge in [0.15, 0.2) is 0 Å². The fourth-order valence-electron chi connectivity index (χ4n) is 3.80. The number of benzene rings is 1. The van der Waals surface area contributed by atoms with Gasteiger partial charge in [-0.25, -0.2) is 4.79 Å². The Kier molecular flexibility index (Phi) is 8.29. The number of aryl methyl sites for hydroxylation is 1. The lowest BCUT2D eigenvalue weighted by Gasteiger charge is -2.30. The Hall–Kier alpha value is -3.55. The van der Waals surface area contributed by atoms with E-state index in [4.69, 9.17) is 15.2 Å². The Balaban J connectivity index is 0.000000186. The number of nitrogens with two attached hydrogens (primary N) is 1. The van der Waals surface area contributed by atoms with Crippen LogP contribution in [0.15, 0.2) is 64.7 Å². The maximum absolute atomic E-state index is 10.9. The van der Waals surface area contributed by atoms with Crippen molar-refractivity contribution in [2.75, 3.05) is 20.2 Å². The summed E-state index contributed by atoms with van der Waals surface area (Å²) in [5.74, 6) is 1.82. The summed E-state index contributed by atoms with van der Waals surface area (Å²) in [7, 11) is 3.61. The largest absolute Gasteiger partial charge is 0.501 e. The van der Waals surface area contributed by atoms with Crippen molar-refractivity contribution in [3.63, 3.8) is 0 Å². The zero-order valence-corrected chi connectivity index (χ0v) is 19.8. The van der Waals surface area contributed by atoms with Crippen molar-refractivity contribution in [1.29, 1.82) is 0 Å². The normalized spacial score (nSPS) is 19.0. The number of piperidine rings is 1. The van der Waals surface area contributed by atoms with Crippen molar-refractivity contribution >= 4 is 17.8 Å². The van der Waals surface area contributed by atoms with Gasteiger partial charge in [0.05, 0.1) is 24.8 Å². The maximum atomic E-state index is 10.9. The Labute approximate surface area is 195 Å². The van der Waals surface area contributed by atoms with Crippen LogP contribution in [-0.2, 0) is 11.8 Å². The summed E-state index contributed by atoms with van der Waals surface area (Å²) < 4.78 is 12.9. The molecule has 1 fully saturated rings. The van der Waals surface area contributed by atoms with E-state index in [1.165, 1.54) is 0 Å². The average Bonchev–Trinajstić information content (AvgIpc) is 3.49. The predicted octanol–water partition coefficient (Wildman–Crippen LogP) is 4.15. The van der Waals surface area contributed by atoms with Crippen LogP contribution in [0.25, 0.3) is 5.57 Å². The number of nitrogens with zero attached hydrogens (tertiary/aromatic N) is 4. The third-order valence-corrected chi connectivity index (χ3v) is 5.83. The van der Waals surface area contributed by atoms with E-state index in [0.717, 1.165) is 53.2 Å². The third kappa shape index (κ3) is 6.47. The second kappa shape index (κ2) is 11.4. The van der Waals surface area contributed by atoms with Crippen LogP contribution in [0.1, 0.15) is 38.7 Å². The molecule has 1 aromatic carbocycles. The van der Waals surface area contributed by atoms with Crippen molar-refractivity contribution in [1.82, 2.24) is 14.7 Å². The van der Waals surface area contributed by atoms with Gasteiger partial charge in [-0.1, -0.05) is 18.2 Å². The molecule has 8 nitrogen and oxygen atoms in total. The molecule has 2 aliphatic rings. The van der Waals surface area contributed by atoms with Crippen LogP contribution in [0.5, 0.6) is 5.75 Å². The summed E-state index contributed by atoms with van der Waals surface area (Å²) in [6, 6.07) is 9.42. The molecule has 0 spiro atoms. The van der Waals surface area contributed by atoms with Crippen molar-refractivity contribution in [2.45, 2.75) is 39.2 Å². The smallest absolute Gasteiger partial charge is 0.314 e. The molecule has 3 heterocycles. The van der Waals surface area contributed by atoms with E-state index >= 15 is 0 Å². The first-order valence-electron chi connectivity index (χ1n) is 11.1. The van der Waals surface area contributed by atoms with Crippen LogP contribution in [-0.4, -0.2) is 53.2 Å². The van der Waals surface area contributed by atoms with Crippen molar-refractivity contribution < 1.29 is 14.3 Å². The molecule has 0 saturated carbocycles. The zero-order chi connectivity index (χ0) is 23.8. The van der Waals surface area contributed by atoms with E-state index in [-0.39, 0.29) is 12.1 Å². The van der Waals surface area contributed by atoms with Gasteiger partial charge < -0.3 is 20.1 Å². The number of primary amides is 1. The van der Waals surface area contributed by atoms with Crippen LogP contribution < -0.4 is 10.5 Å². The van der Waals surface area contributed by atoms with E-state index in [9.17, 15) is 4.79 Å². The number of carbonyl (C=O) groups is 1. The van der Waals surface area contributed by atoms with Crippen LogP contribution in [0.2, 0.25) is 0 Å². The topological polar surface area (TPSA) is 95.0 Å². The number of urea groups is 1. The lowest BCUT2D eigenvalue weighted by molar-refractivity contribution is 0.114. The summed E-state index contributed by atoms with van der Waals surface area (Å²) in [6.45, 7) is 5.41. The minimum absolute atomic E-state index is 0.193. The standard InChI is InChI=1S/C13H17N3O.C12H16N2O2/c1-9(11-7-15-16(3)8-11)13-12(5-6-14-13)10(2)17-4;13-12(15)14-8-6-11(7-9-14)16-10-4-2-1-3-5-10/h6-8H,5H2,1-4H3;1-5,11H,6-9H2,(H2,13,15)/b12-10+,13-9-;. The molecule has 2 amide bonds. The van der Waals surface area contributed by atoms with Crippen molar-refractivity contribution in [3.05, 3.63) is 65.3 Å². The monoisotopic (exact) mass is 451 g/mol. The third-order valence-electron chi connectivity index (χ3n) is 5.83. The molecule has 0 radical (unpaired) electrons. The first-order chi connectivity index (χ1) is 15.9. The minimum Gasteiger partial charge on any atom is -0.501 e. The Morgan fingerprint density at radius 2 is 1.85 bits per heavy atom. The van der Waals surface area contributed by atoms with Crippen LogP contribution in [0, 0.1) is 0 Å². The summed E-state index contributed by atoms with van der Waals surface area (Å²) >= 11 is 0. The highest BCUT2D eigenvalue weighted by molar-refractivity contribution is 5.80. The zero-order valence-electron chi connectivity index (χ0n) is 19.8. The Bertz CT molecular complexity index is 1030. The molecule has 1 saturated heterocycles. The van der Waals surface area contributed by atoms with Gasteiger partial charge in [0.2, 0.25) is 0 Å². The predicted molar refractivity (Wildman–Crippen MR) is 130 cm³/mol. The van der Waals surface area contributed by atoms with Gasteiger partial charge in [0.25, 0.3) is 0 Å². The number of aromatic nitrogens is 2. The second-order valence-corrected chi connectivity index (χ2v) is 8.09. The van der Waals surface area contributed by atoms with Crippen LogP contribution in [0.4, 0.5) is 4.79 Å². The van der Waals surface area contributed by atoms with E-state index in [1.807, 2.05) is 62.9 Å². The van der Waals surface area contributed by atoms with Gasteiger partial charge in [0, 0.05) is 62.9 Å². The molecule has 0 unspecified atom stereocenters. The molecule has 2 N–H and O–H groups in total. The molecule has 0 bridgehead atoms. The first-order valence-corrected chi connectivity index (χ1v) is 11.1. The molecule has 8 heteroatoms. The summed E-state index contributed by atoms with van der Waals surface area (Å²) in [6.07, 6.45) is 8.50. The fraction of sp³-hybridized carbons (Fsp3) is 0.400. The molecule has 0 aliphatic carbocycles. The van der Waals surface area contributed by atoms with Gasteiger partial charge in [-0.05, 0) is 31.6 Å². The molecule has 2 aliphatic heterocycles. The summed E-state index contributed by atoms with van der Waals surface area (Å²) in [4.78, 5) is 17.0. The SMILES string of the molecule is CO/C(C)=C1\CC=N\C1=C(\C)c1cnn(C)c1.NC(=O)N1CCC(Oc2ccccc2)CC1. The Morgan fingerprint density at radius 1 is 1.15 bits per heavy atom. The van der Waals surface area contributed by atoms with Gasteiger partial charge in [-0.3, -0.25) is 9.67 Å². The van der Waals surface area contributed by atoms with Crippen LogP contribution in [0.3, 0.4) is 0 Å². The quantitative estimate of drug-likeness (QED) is 0.707. The number of hydrogen-bond donors (Lipinski definition) is 1. The number of aliphatic imine (C=N–C) groups is 1. The first kappa shape index (κ1) is 24.1. The molecule has 1 aromatic heterocycles. The molecule has 33 heavy (non-hydrogen) atoms. The second-order valence-electron chi connectivity index (χ2n) is 8.09. The van der Waals surface area contributed by atoms with E-state index < -0.39 is 0 Å². The molecule has 2 aromatic rings. The molecular weight excluding hydrogens is 418 g/mol. The highest BCUT2D eigenvalue weighted by Crippen LogP contribution is 2.31. The lowest BCUT2D eigenvalue weighted by Crippen LogP contribution is -2.44. The number of para-hydroxylation sites is 1. The fourth-order valence-corrected chi connectivity index (χ4v) is 3.80. The molecule has 176 valence electrons. The number of rotatable bonds is 4. The van der Waals surface area contributed by atoms with Gasteiger partial charge >= 0.3 is 6.03 Å². The summed E-state index contributed by atoms with van der Waals surface area (Å²) in [5.41, 5.74) is 9.62. The van der Waals surface area contributed by atoms with Crippen molar-refractivity contribution in [3.8, 4) is 5.75 Å². The van der Waals surface area contributed by atoms with Gasteiger partial charge in [0.1, 0.15) is 11.9 Å². The number of methoxy groups -OCH3 is 1. The maximum Gasteiger partial charge on any atom is 0.314 e. The number of likely N-dealkylation sites (tertiary alicyclic amines) is 1.